The molecule has 0 fully saturated rings. The van der Waals surface area contributed by atoms with Crippen LogP contribution < -0.4 is 4.74 Å². The summed E-state index contributed by atoms with van der Waals surface area (Å²) in [5.41, 5.74) is -0.276. The third-order valence-corrected chi connectivity index (χ3v) is 2.13. The van der Waals surface area contributed by atoms with Crippen LogP contribution in [0.4, 0.5) is 5.69 Å². The molecule has 90 valence electrons. The fourth-order valence-electron chi connectivity index (χ4n) is 1.12. The molecule has 1 aromatic carbocycles. The van der Waals surface area contributed by atoms with Gasteiger partial charge >= 0.3 is 5.16 Å². The van der Waals surface area contributed by atoms with Crippen LogP contribution in [0.3, 0.4) is 0 Å². The van der Waals surface area contributed by atoms with Gasteiger partial charge in [0.2, 0.25) is 0 Å². The minimum Gasteiger partial charge on any atom is -0.497 e. The molecule has 0 spiro atoms. The molecule has 1 aromatic rings. The molecule has 0 N–H and O–H groups in total. The summed E-state index contributed by atoms with van der Waals surface area (Å²) in [5, 5.41) is 20.3. The van der Waals surface area contributed by atoms with Gasteiger partial charge in [0.1, 0.15) is 5.75 Å². The number of hydrogen-bond acceptors (Lipinski definition) is 5. The second-order valence-corrected chi connectivity index (χ2v) is 3.29. The molecule has 0 unspecified atom stereocenters. The van der Waals surface area contributed by atoms with Crippen molar-refractivity contribution in [2.24, 2.45) is 0 Å². The van der Waals surface area contributed by atoms with Crippen LogP contribution in [0.2, 0.25) is 0 Å². The Bertz CT molecular complexity index is 500. The molecule has 0 saturated carbocycles. The highest BCUT2D eigenvalue weighted by Gasteiger charge is 2.16. The van der Waals surface area contributed by atoms with Gasteiger partial charge in [-0.15, -0.1) is 0 Å². The van der Waals surface area contributed by atoms with E-state index in [-0.39, 0.29) is 11.3 Å². The van der Waals surface area contributed by atoms with Crippen molar-refractivity contribution in [3.63, 3.8) is 0 Å². The van der Waals surface area contributed by atoms with E-state index < -0.39 is 15.0 Å². The van der Waals surface area contributed by atoms with Gasteiger partial charge in [0, 0.05) is 12.1 Å². The maximum atomic E-state index is 10.7. The summed E-state index contributed by atoms with van der Waals surface area (Å²) in [6, 6.07) is 3.87. The highest BCUT2D eigenvalue weighted by molar-refractivity contribution is 6.29. The molecule has 0 amide bonds. The van der Waals surface area contributed by atoms with Gasteiger partial charge in [-0.2, -0.15) is 0 Å². The number of benzene rings is 1. The van der Waals surface area contributed by atoms with E-state index in [0.717, 1.165) is 6.08 Å². The SMILES string of the molecule is COc1ccc([N+](=O)[O-])c(/C=C(\Cl)[N+](=O)[O-])c1. The molecule has 17 heavy (non-hydrogen) atoms. The summed E-state index contributed by atoms with van der Waals surface area (Å²) >= 11 is 5.32. The normalized spacial score (nSPS) is 11.1. The molecule has 7 nitrogen and oxygen atoms in total. The van der Waals surface area contributed by atoms with Gasteiger partial charge in [-0.1, -0.05) is 0 Å². The van der Waals surface area contributed by atoms with Crippen LogP contribution in [0.5, 0.6) is 5.75 Å². The van der Waals surface area contributed by atoms with Crippen molar-refractivity contribution < 1.29 is 14.6 Å². The molecule has 0 atom stereocenters. The van der Waals surface area contributed by atoms with Crippen LogP contribution in [-0.2, 0) is 0 Å². The molecule has 0 saturated heterocycles. The topological polar surface area (TPSA) is 95.5 Å². The van der Waals surface area contributed by atoms with E-state index in [0.29, 0.717) is 5.75 Å². The van der Waals surface area contributed by atoms with Crippen LogP contribution in [-0.4, -0.2) is 17.0 Å². The van der Waals surface area contributed by atoms with Crippen LogP contribution in [0, 0.1) is 20.2 Å². The summed E-state index contributed by atoms with van der Waals surface area (Å²) in [7, 11) is 1.38. The van der Waals surface area contributed by atoms with Crippen molar-refractivity contribution in [2.75, 3.05) is 7.11 Å². The summed E-state index contributed by atoms with van der Waals surface area (Å²) < 4.78 is 4.87. The first kappa shape index (κ1) is 12.9. The minimum atomic E-state index is -0.843. The Hall–Kier alpha value is -2.15. The third kappa shape index (κ3) is 3.15. The molecule has 0 aliphatic rings. The van der Waals surface area contributed by atoms with Gasteiger partial charge in [0.15, 0.2) is 0 Å². The van der Waals surface area contributed by atoms with E-state index in [4.69, 9.17) is 16.3 Å². The maximum absolute atomic E-state index is 10.7. The standard InChI is InChI=1S/C9H7ClN2O5/c1-17-7-2-3-8(11(13)14)6(4-7)5-9(10)12(15)16/h2-5H,1H3/b9-5+. The Labute approximate surface area is 101 Å². The number of halogens is 1. The van der Waals surface area contributed by atoms with Crippen molar-refractivity contribution in [3.05, 3.63) is 49.1 Å². The molecular formula is C9H7ClN2O5. The Kier molecular flexibility index (Phi) is 4.00. The second kappa shape index (κ2) is 5.26. The zero-order chi connectivity index (χ0) is 13.0. The van der Waals surface area contributed by atoms with Gasteiger partial charge < -0.3 is 4.74 Å². The largest absolute Gasteiger partial charge is 0.497 e. The Morgan fingerprint density at radius 3 is 2.53 bits per heavy atom. The monoisotopic (exact) mass is 258 g/mol. The van der Waals surface area contributed by atoms with E-state index in [1.54, 1.807) is 0 Å². The predicted octanol–water partition coefficient (Wildman–Crippen LogP) is 2.42. The van der Waals surface area contributed by atoms with Crippen LogP contribution in [0.25, 0.3) is 6.08 Å². The summed E-state index contributed by atoms with van der Waals surface area (Å²) in [6.45, 7) is 0. The molecule has 1 rings (SSSR count). The first-order chi connectivity index (χ1) is 7.95. The molecule has 0 heterocycles. The van der Waals surface area contributed by atoms with Gasteiger partial charge in [-0.25, -0.2) is 0 Å². The maximum Gasteiger partial charge on any atom is 0.338 e. The summed E-state index contributed by atoms with van der Waals surface area (Å²) in [4.78, 5) is 19.5. The summed E-state index contributed by atoms with van der Waals surface area (Å²) in [5.74, 6) is 0.342. The highest BCUT2D eigenvalue weighted by Crippen LogP contribution is 2.26. The van der Waals surface area contributed by atoms with Crippen molar-refractivity contribution in [3.8, 4) is 5.75 Å². The Morgan fingerprint density at radius 2 is 2.06 bits per heavy atom. The van der Waals surface area contributed by atoms with Crippen LogP contribution in [0.1, 0.15) is 5.56 Å². The van der Waals surface area contributed by atoms with Gasteiger partial charge in [0.05, 0.1) is 22.5 Å². The van der Waals surface area contributed by atoms with E-state index >= 15 is 0 Å². The zero-order valence-electron chi connectivity index (χ0n) is 8.62. The lowest BCUT2D eigenvalue weighted by Gasteiger charge is -2.01. The van der Waals surface area contributed by atoms with Crippen molar-refractivity contribution in [1.29, 1.82) is 0 Å². The zero-order valence-corrected chi connectivity index (χ0v) is 9.38. The highest BCUT2D eigenvalue weighted by atomic mass is 35.5. The Morgan fingerprint density at radius 1 is 1.41 bits per heavy atom. The van der Waals surface area contributed by atoms with Crippen molar-refractivity contribution in [2.45, 2.75) is 0 Å². The van der Waals surface area contributed by atoms with E-state index in [2.05, 4.69) is 0 Å². The second-order valence-electron chi connectivity index (χ2n) is 2.91. The smallest absolute Gasteiger partial charge is 0.338 e. The number of rotatable bonds is 4. The molecule has 0 aliphatic carbocycles. The van der Waals surface area contributed by atoms with Crippen molar-refractivity contribution in [1.82, 2.24) is 0 Å². The Balaban J connectivity index is 3.32. The molecule has 0 bridgehead atoms. The summed E-state index contributed by atoms with van der Waals surface area (Å²) in [6.07, 6.45) is 0.905. The first-order valence-corrected chi connectivity index (χ1v) is 4.67. The van der Waals surface area contributed by atoms with Gasteiger partial charge in [0.25, 0.3) is 5.69 Å². The quantitative estimate of drug-likeness (QED) is 0.469. The average molecular weight is 259 g/mol. The van der Waals surface area contributed by atoms with Crippen molar-refractivity contribution >= 4 is 23.4 Å². The number of methoxy groups -OCH3 is 1. The van der Waals surface area contributed by atoms with Crippen LogP contribution in [0.15, 0.2) is 23.4 Å². The number of hydrogen-bond donors (Lipinski definition) is 0. The lowest BCUT2D eigenvalue weighted by atomic mass is 10.1. The molecule has 8 heteroatoms. The fraction of sp³-hybridized carbons (Fsp3) is 0.111. The number of nitrogens with zero attached hydrogens (tertiary/aromatic N) is 2. The minimum absolute atomic E-state index is 0.0102. The number of nitro groups is 2. The molecule has 0 radical (unpaired) electrons. The van der Waals surface area contributed by atoms with E-state index in [1.165, 1.54) is 25.3 Å². The number of nitro benzene ring substituents is 1. The van der Waals surface area contributed by atoms with E-state index in [9.17, 15) is 20.2 Å². The van der Waals surface area contributed by atoms with E-state index in [1.807, 2.05) is 0 Å². The molecule has 0 aliphatic heterocycles. The third-order valence-electron chi connectivity index (χ3n) is 1.88. The lowest BCUT2D eigenvalue weighted by Crippen LogP contribution is -1.95. The first-order valence-electron chi connectivity index (χ1n) is 4.29. The van der Waals surface area contributed by atoms with Crippen LogP contribution >= 0.6 is 11.6 Å². The predicted molar refractivity (Wildman–Crippen MR) is 60.5 cm³/mol. The lowest BCUT2D eigenvalue weighted by molar-refractivity contribution is -0.410. The molecule has 0 aromatic heterocycles. The average Bonchev–Trinajstić information content (AvgIpc) is 2.28. The van der Waals surface area contributed by atoms with Gasteiger partial charge in [-0.3, -0.25) is 20.2 Å². The van der Waals surface area contributed by atoms with Gasteiger partial charge in [-0.05, 0) is 23.7 Å². The number of ether oxygens (including phenoxy) is 1. The molecular weight excluding hydrogens is 252 g/mol. The fourth-order valence-corrected chi connectivity index (χ4v) is 1.24.